The lowest BCUT2D eigenvalue weighted by molar-refractivity contribution is -0.150. The second-order valence-electron chi connectivity index (χ2n) is 6.67. The van der Waals surface area contributed by atoms with Crippen LogP contribution in [0.4, 0.5) is 5.69 Å². The third kappa shape index (κ3) is 3.08. The Labute approximate surface area is 153 Å². The first-order chi connectivity index (χ1) is 12.4. The average molecular weight is 372 g/mol. The van der Waals surface area contributed by atoms with Crippen molar-refractivity contribution >= 4 is 21.6 Å². The smallest absolute Gasteiger partial charge is 0.249 e. The van der Waals surface area contributed by atoms with E-state index in [2.05, 4.69) is 0 Å². The number of rotatable bonds is 3. The largest absolute Gasteiger partial charge is 0.362 e. The molecule has 2 aliphatic heterocycles. The molecule has 7 heteroatoms. The van der Waals surface area contributed by atoms with Crippen LogP contribution in [-0.4, -0.2) is 39.4 Å². The third-order valence-corrected chi connectivity index (χ3v) is 6.64. The molecule has 136 valence electrons. The molecule has 2 heterocycles. The number of fused-ring (bicyclic) bond motifs is 1. The van der Waals surface area contributed by atoms with Crippen molar-refractivity contribution in [1.82, 2.24) is 4.90 Å². The summed E-state index contributed by atoms with van der Waals surface area (Å²) < 4.78 is 31.1. The van der Waals surface area contributed by atoms with E-state index in [0.29, 0.717) is 18.8 Å². The maximum atomic E-state index is 12.2. The van der Waals surface area contributed by atoms with Crippen LogP contribution in [0.5, 0.6) is 0 Å². The Morgan fingerprint density at radius 2 is 1.92 bits per heavy atom. The maximum Gasteiger partial charge on any atom is 0.249 e. The molecular weight excluding hydrogens is 352 g/mol. The van der Waals surface area contributed by atoms with Crippen molar-refractivity contribution in [3.05, 3.63) is 65.2 Å². The van der Waals surface area contributed by atoms with Gasteiger partial charge in [-0.2, -0.15) is 0 Å². The lowest BCUT2D eigenvalue weighted by Gasteiger charge is -2.33. The molecule has 0 aromatic heterocycles. The molecule has 2 aromatic carbocycles. The van der Waals surface area contributed by atoms with Gasteiger partial charge in [-0.15, -0.1) is 0 Å². The summed E-state index contributed by atoms with van der Waals surface area (Å²) in [6.45, 7) is 1.03. The molecule has 0 spiro atoms. The molecule has 0 unspecified atom stereocenters. The van der Waals surface area contributed by atoms with Crippen molar-refractivity contribution in [1.29, 1.82) is 0 Å². The molecule has 1 fully saturated rings. The van der Waals surface area contributed by atoms with Crippen LogP contribution >= 0.6 is 0 Å². The molecule has 0 aliphatic carbocycles. The Balaban J connectivity index is 1.55. The van der Waals surface area contributed by atoms with Crippen molar-refractivity contribution in [2.45, 2.75) is 18.4 Å². The molecule has 2 aromatic rings. The minimum absolute atomic E-state index is 0.00601. The van der Waals surface area contributed by atoms with E-state index in [0.717, 1.165) is 16.7 Å². The van der Waals surface area contributed by atoms with Crippen molar-refractivity contribution < 1.29 is 17.9 Å². The van der Waals surface area contributed by atoms with E-state index in [-0.39, 0.29) is 24.4 Å². The lowest BCUT2D eigenvalue weighted by atomic mass is 10.0. The predicted molar refractivity (Wildman–Crippen MR) is 98.0 cm³/mol. The van der Waals surface area contributed by atoms with E-state index in [1.807, 2.05) is 48.5 Å². The van der Waals surface area contributed by atoms with Gasteiger partial charge in [-0.3, -0.25) is 9.10 Å². The van der Waals surface area contributed by atoms with Crippen LogP contribution in [0.2, 0.25) is 0 Å². The van der Waals surface area contributed by atoms with E-state index in [9.17, 15) is 13.2 Å². The predicted octanol–water partition coefficient (Wildman–Crippen LogP) is 2.07. The molecule has 2 aliphatic rings. The number of nitrogens with zero attached hydrogens (tertiary/aromatic N) is 2. The molecule has 0 bridgehead atoms. The highest BCUT2D eigenvalue weighted by Crippen LogP contribution is 2.35. The van der Waals surface area contributed by atoms with Crippen molar-refractivity contribution in [2.75, 3.05) is 24.5 Å². The van der Waals surface area contributed by atoms with Gasteiger partial charge in [0.05, 0.1) is 18.0 Å². The first-order valence-electron chi connectivity index (χ1n) is 8.47. The highest BCUT2D eigenvalue weighted by atomic mass is 32.2. The molecule has 1 amide bonds. The number of benzene rings is 2. The highest BCUT2D eigenvalue weighted by molar-refractivity contribution is 7.92. The van der Waals surface area contributed by atoms with Gasteiger partial charge in [-0.25, -0.2) is 8.42 Å². The minimum Gasteiger partial charge on any atom is -0.362 e. The maximum absolute atomic E-state index is 12.2. The van der Waals surface area contributed by atoms with Crippen LogP contribution in [0.25, 0.3) is 0 Å². The average Bonchev–Trinajstić information content (AvgIpc) is 2.86. The van der Waals surface area contributed by atoms with E-state index in [1.165, 1.54) is 4.31 Å². The van der Waals surface area contributed by atoms with Crippen LogP contribution < -0.4 is 4.31 Å². The van der Waals surface area contributed by atoms with E-state index >= 15 is 0 Å². The van der Waals surface area contributed by atoms with Crippen molar-refractivity contribution in [3.8, 4) is 0 Å². The second kappa shape index (κ2) is 6.41. The minimum atomic E-state index is -3.26. The molecule has 6 nitrogen and oxygen atoms in total. The summed E-state index contributed by atoms with van der Waals surface area (Å²) in [5, 5.41) is 0. The molecule has 26 heavy (non-hydrogen) atoms. The number of carbonyl (C=O) groups excluding carboxylic acids is 1. The fourth-order valence-electron chi connectivity index (χ4n) is 3.45. The Hall–Kier alpha value is -2.38. The summed E-state index contributed by atoms with van der Waals surface area (Å²) >= 11 is 0. The standard InChI is InChI=1S/C19H20N2O4S/c1-20-17-8-7-15(9-16(17)13-26(20,23)24)18-11-21(19(22)12-25-18)10-14-5-3-2-4-6-14/h2-9,18H,10-13H2,1H3/t18-/m0/s1. The van der Waals surface area contributed by atoms with Crippen molar-refractivity contribution in [3.63, 3.8) is 0 Å². The zero-order chi connectivity index (χ0) is 18.3. The van der Waals surface area contributed by atoms with Crippen LogP contribution in [0.3, 0.4) is 0 Å². The van der Waals surface area contributed by atoms with Crippen LogP contribution in [-0.2, 0) is 31.9 Å². The zero-order valence-corrected chi connectivity index (χ0v) is 15.3. The van der Waals surface area contributed by atoms with Crippen LogP contribution in [0.15, 0.2) is 48.5 Å². The molecule has 1 saturated heterocycles. The van der Waals surface area contributed by atoms with Gasteiger partial charge in [0.15, 0.2) is 0 Å². The Kier molecular flexibility index (Phi) is 4.20. The number of hydrogen-bond acceptors (Lipinski definition) is 4. The SMILES string of the molecule is CN1c2ccc([C@@H]3CN(Cc4ccccc4)C(=O)CO3)cc2CS1(=O)=O. The van der Waals surface area contributed by atoms with Gasteiger partial charge >= 0.3 is 0 Å². The fraction of sp³-hybridized carbons (Fsp3) is 0.316. The van der Waals surface area contributed by atoms with Gasteiger partial charge in [0.1, 0.15) is 12.7 Å². The van der Waals surface area contributed by atoms with Gasteiger partial charge in [0, 0.05) is 13.6 Å². The summed E-state index contributed by atoms with van der Waals surface area (Å²) in [7, 11) is -1.70. The van der Waals surface area contributed by atoms with E-state index < -0.39 is 10.0 Å². The topological polar surface area (TPSA) is 66.9 Å². The normalized spacial score (nSPS) is 21.7. The van der Waals surface area contributed by atoms with Gasteiger partial charge in [-0.05, 0) is 28.8 Å². The number of ether oxygens (including phenoxy) is 1. The van der Waals surface area contributed by atoms with Crippen LogP contribution in [0, 0.1) is 0 Å². The molecule has 0 radical (unpaired) electrons. The molecule has 0 saturated carbocycles. The highest BCUT2D eigenvalue weighted by Gasteiger charge is 2.32. The summed E-state index contributed by atoms with van der Waals surface area (Å²) in [4.78, 5) is 14.0. The number of morpholine rings is 1. The van der Waals surface area contributed by atoms with E-state index in [1.54, 1.807) is 11.9 Å². The van der Waals surface area contributed by atoms with Gasteiger partial charge in [0.2, 0.25) is 15.9 Å². The molecular formula is C19H20N2O4S. The number of amides is 1. The quantitative estimate of drug-likeness (QED) is 0.827. The summed E-state index contributed by atoms with van der Waals surface area (Å²) in [6, 6.07) is 15.4. The summed E-state index contributed by atoms with van der Waals surface area (Å²) in [5.41, 5.74) is 3.46. The second-order valence-corrected chi connectivity index (χ2v) is 8.67. The number of sulfonamides is 1. The van der Waals surface area contributed by atoms with Gasteiger partial charge in [0.25, 0.3) is 0 Å². The number of anilines is 1. The zero-order valence-electron chi connectivity index (χ0n) is 14.5. The first-order valence-corrected chi connectivity index (χ1v) is 10.1. The number of hydrogen-bond donors (Lipinski definition) is 0. The Morgan fingerprint density at radius 3 is 2.69 bits per heavy atom. The van der Waals surface area contributed by atoms with E-state index in [4.69, 9.17) is 4.74 Å². The van der Waals surface area contributed by atoms with Crippen LogP contribution in [0.1, 0.15) is 22.8 Å². The van der Waals surface area contributed by atoms with Gasteiger partial charge in [-0.1, -0.05) is 36.4 Å². The Morgan fingerprint density at radius 1 is 1.15 bits per heavy atom. The molecule has 1 atom stereocenters. The first kappa shape index (κ1) is 17.1. The Bertz CT molecular complexity index is 943. The third-order valence-electron chi connectivity index (χ3n) is 4.93. The van der Waals surface area contributed by atoms with Crippen molar-refractivity contribution in [2.24, 2.45) is 0 Å². The molecule has 0 N–H and O–H groups in total. The summed E-state index contributed by atoms with van der Waals surface area (Å²) in [6.07, 6.45) is -0.254. The number of carbonyl (C=O) groups is 1. The molecule has 4 rings (SSSR count). The summed E-state index contributed by atoms with van der Waals surface area (Å²) in [5.74, 6) is -0.0277. The van der Waals surface area contributed by atoms with Gasteiger partial charge < -0.3 is 9.64 Å². The monoisotopic (exact) mass is 372 g/mol. The lowest BCUT2D eigenvalue weighted by Crippen LogP contribution is -2.42. The fourth-order valence-corrected chi connectivity index (χ4v) is 4.74.